The molecule has 0 unspecified atom stereocenters. The van der Waals surface area contributed by atoms with Crippen molar-refractivity contribution in [1.29, 1.82) is 0 Å². The van der Waals surface area contributed by atoms with Crippen LogP contribution in [0.2, 0.25) is 5.02 Å². The SMILES string of the molecule is Cc1ccc(Br)c2ncc(N)c(Cl)c12. The molecule has 72 valence electrons. The summed E-state index contributed by atoms with van der Waals surface area (Å²) in [5.74, 6) is 0. The van der Waals surface area contributed by atoms with E-state index in [1.54, 1.807) is 6.20 Å². The van der Waals surface area contributed by atoms with Crippen molar-refractivity contribution in [2.24, 2.45) is 0 Å². The number of rotatable bonds is 0. The van der Waals surface area contributed by atoms with Gasteiger partial charge in [0.1, 0.15) is 0 Å². The summed E-state index contributed by atoms with van der Waals surface area (Å²) in [4.78, 5) is 4.25. The first-order valence-electron chi connectivity index (χ1n) is 4.10. The fraction of sp³-hybridized carbons (Fsp3) is 0.100. The summed E-state index contributed by atoms with van der Waals surface area (Å²) in [6.45, 7) is 1.99. The van der Waals surface area contributed by atoms with Crippen molar-refractivity contribution < 1.29 is 0 Å². The number of aromatic nitrogens is 1. The second kappa shape index (κ2) is 3.41. The fourth-order valence-electron chi connectivity index (χ4n) is 1.40. The number of hydrogen-bond acceptors (Lipinski definition) is 2. The molecule has 4 heteroatoms. The highest BCUT2D eigenvalue weighted by Crippen LogP contribution is 2.33. The van der Waals surface area contributed by atoms with Gasteiger partial charge in [-0.2, -0.15) is 0 Å². The van der Waals surface area contributed by atoms with Gasteiger partial charge in [0.05, 0.1) is 22.4 Å². The molecular weight excluding hydrogens is 263 g/mol. The summed E-state index contributed by atoms with van der Waals surface area (Å²) < 4.78 is 0.931. The Kier molecular flexibility index (Phi) is 2.37. The average Bonchev–Trinajstić information content (AvgIpc) is 2.16. The second-order valence-corrected chi connectivity index (χ2v) is 4.35. The Morgan fingerprint density at radius 1 is 1.43 bits per heavy atom. The average molecular weight is 272 g/mol. The number of halogens is 2. The minimum absolute atomic E-state index is 0.514. The highest BCUT2D eigenvalue weighted by molar-refractivity contribution is 9.10. The lowest BCUT2D eigenvalue weighted by Crippen LogP contribution is -1.92. The molecule has 0 saturated heterocycles. The number of pyridine rings is 1. The third-order valence-corrected chi connectivity index (χ3v) is 3.19. The predicted molar refractivity (Wildman–Crippen MR) is 63.6 cm³/mol. The van der Waals surface area contributed by atoms with Crippen LogP contribution in [-0.2, 0) is 0 Å². The van der Waals surface area contributed by atoms with Crippen LogP contribution in [0, 0.1) is 6.92 Å². The van der Waals surface area contributed by atoms with E-state index in [2.05, 4.69) is 20.9 Å². The number of nitrogens with two attached hydrogens (primary N) is 1. The summed E-state index contributed by atoms with van der Waals surface area (Å²) in [5.41, 5.74) is 8.14. The Morgan fingerprint density at radius 2 is 2.14 bits per heavy atom. The third kappa shape index (κ3) is 1.37. The van der Waals surface area contributed by atoms with Crippen LogP contribution in [0.5, 0.6) is 0 Å². The van der Waals surface area contributed by atoms with Crippen LogP contribution in [0.1, 0.15) is 5.56 Å². The van der Waals surface area contributed by atoms with E-state index in [4.69, 9.17) is 17.3 Å². The van der Waals surface area contributed by atoms with Crippen molar-refractivity contribution in [1.82, 2.24) is 4.98 Å². The zero-order chi connectivity index (χ0) is 10.3. The number of nitrogen functional groups attached to an aromatic ring is 1. The third-order valence-electron chi connectivity index (χ3n) is 2.14. The smallest absolute Gasteiger partial charge is 0.0863 e. The molecule has 0 fully saturated rings. The molecule has 0 bridgehead atoms. The Morgan fingerprint density at radius 3 is 2.86 bits per heavy atom. The van der Waals surface area contributed by atoms with E-state index >= 15 is 0 Å². The molecule has 0 spiro atoms. The number of anilines is 1. The highest BCUT2D eigenvalue weighted by atomic mass is 79.9. The Bertz CT molecular complexity index is 511. The summed E-state index contributed by atoms with van der Waals surface area (Å²) in [5, 5.41) is 1.50. The van der Waals surface area contributed by atoms with E-state index in [1.165, 1.54) is 0 Å². The van der Waals surface area contributed by atoms with Gasteiger partial charge in [-0.15, -0.1) is 0 Å². The van der Waals surface area contributed by atoms with Crippen LogP contribution < -0.4 is 5.73 Å². The molecule has 0 saturated carbocycles. The molecule has 1 heterocycles. The van der Waals surface area contributed by atoms with Crippen molar-refractivity contribution in [2.45, 2.75) is 6.92 Å². The molecule has 2 aromatic rings. The summed E-state index contributed by atoms with van der Waals surface area (Å²) in [6, 6.07) is 3.94. The minimum Gasteiger partial charge on any atom is -0.396 e. The topological polar surface area (TPSA) is 38.9 Å². The van der Waals surface area contributed by atoms with Crippen LogP contribution in [0.25, 0.3) is 10.9 Å². The number of benzene rings is 1. The number of nitrogens with zero attached hydrogens (tertiary/aromatic N) is 1. The fourth-order valence-corrected chi connectivity index (χ4v) is 2.13. The minimum atomic E-state index is 0.514. The maximum Gasteiger partial charge on any atom is 0.0863 e. The summed E-state index contributed by atoms with van der Waals surface area (Å²) >= 11 is 9.55. The van der Waals surface area contributed by atoms with E-state index in [9.17, 15) is 0 Å². The molecule has 0 radical (unpaired) electrons. The first kappa shape index (κ1) is 9.74. The van der Waals surface area contributed by atoms with E-state index in [0.29, 0.717) is 10.7 Å². The van der Waals surface area contributed by atoms with E-state index in [-0.39, 0.29) is 0 Å². The molecule has 0 aliphatic rings. The highest BCUT2D eigenvalue weighted by Gasteiger charge is 2.09. The van der Waals surface area contributed by atoms with Gasteiger partial charge < -0.3 is 5.73 Å². The van der Waals surface area contributed by atoms with Crippen molar-refractivity contribution in [2.75, 3.05) is 5.73 Å². The zero-order valence-corrected chi connectivity index (χ0v) is 9.85. The first-order chi connectivity index (χ1) is 6.61. The van der Waals surface area contributed by atoms with Gasteiger partial charge >= 0.3 is 0 Å². The summed E-state index contributed by atoms with van der Waals surface area (Å²) in [6.07, 6.45) is 1.58. The van der Waals surface area contributed by atoms with Gasteiger partial charge in [-0.3, -0.25) is 4.98 Å². The molecule has 1 aromatic carbocycles. The number of aryl methyl sites for hydroxylation is 1. The maximum atomic E-state index is 6.12. The Balaban J connectivity index is 3.01. The van der Waals surface area contributed by atoms with Gasteiger partial charge in [0.15, 0.2) is 0 Å². The van der Waals surface area contributed by atoms with Crippen LogP contribution in [-0.4, -0.2) is 4.98 Å². The quantitative estimate of drug-likeness (QED) is 0.796. The lowest BCUT2D eigenvalue weighted by atomic mass is 10.1. The first-order valence-corrected chi connectivity index (χ1v) is 5.27. The van der Waals surface area contributed by atoms with Crippen LogP contribution in [0.15, 0.2) is 22.8 Å². The summed E-state index contributed by atoms with van der Waals surface area (Å²) in [7, 11) is 0. The van der Waals surface area contributed by atoms with Gasteiger partial charge in [0.25, 0.3) is 0 Å². The Hall–Kier alpha value is -0.800. The molecule has 0 atom stereocenters. The second-order valence-electron chi connectivity index (χ2n) is 3.12. The van der Waals surface area contributed by atoms with E-state index < -0.39 is 0 Å². The van der Waals surface area contributed by atoms with Gasteiger partial charge in [-0.05, 0) is 34.5 Å². The van der Waals surface area contributed by atoms with Gasteiger partial charge in [-0.25, -0.2) is 0 Å². The van der Waals surface area contributed by atoms with Crippen LogP contribution in [0.3, 0.4) is 0 Å². The molecule has 0 amide bonds. The van der Waals surface area contributed by atoms with Crippen molar-refractivity contribution >= 4 is 44.1 Å². The lowest BCUT2D eigenvalue weighted by Gasteiger charge is -2.07. The molecule has 2 rings (SSSR count). The molecule has 2 nitrogen and oxygen atoms in total. The number of fused-ring (bicyclic) bond motifs is 1. The van der Waals surface area contributed by atoms with E-state index in [1.807, 2.05) is 19.1 Å². The molecule has 14 heavy (non-hydrogen) atoms. The van der Waals surface area contributed by atoms with Gasteiger partial charge in [0, 0.05) is 9.86 Å². The molecule has 0 aliphatic carbocycles. The van der Waals surface area contributed by atoms with E-state index in [0.717, 1.165) is 20.9 Å². The number of hydrogen-bond donors (Lipinski definition) is 1. The monoisotopic (exact) mass is 270 g/mol. The van der Waals surface area contributed by atoms with Crippen molar-refractivity contribution in [3.63, 3.8) is 0 Å². The normalized spacial score (nSPS) is 10.8. The molecule has 0 aliphatic heterocycles. The predicted octanol–water partition coefficient (Wildman–Crippen LogP) is 3.54. The largest absolute Gasteiger partial charge is 0.396 e. The van der Waals surface area contributed by atoms with Crippen molar-refractivity contribution in [3.8, 4) is 0 Å². The molecule has 2 N–H and O–H groups in total. The maximum absolute atomic E-state index is 6.12. The van der Waals surface area contributed by atoms with Crippen LogP contribution in [0.4, 0.5) is 5.69 Å². The molecular formula is C10H8BrClN2. The standard InChI is InChI=1S/C10H8BrClN2/c1-5-2-3-6(11)10-8(5)9(12)7(13)4-14-10/h2-4H,13H2,1H3. The lowest BCUT2D eigenvalue weighted by molar-refractivity contribution is 1.38. The zero-order valence-electron chi connectivity index (χ0n) is 7.51. The molecule has 1 aromatic heterocycles. The van der Waals surface area contributed by atoms with Gasteiger partial charge in [-0.1, -0.05) is 17.7 Å². The Labute approximate surface area is 95.2 Å². The van der Waals surface area contributed by atoms with Crippen molar-refractivity contribution in [3.05, 3.63) is 33.4 Å². The van der Waals surface area contributed by atoms with Gasteiger partial charge in [0.2, 0.25) is 0 Å². The van der Waals surface area contributed by atoms with Crippen LogP contribution >= 0.6 is 27.5 Å².